The van der Waals surface area contributed by atoms with Crippen molar-refractivity contribution in [2.75, 3.05) is 13.1 Å². The van der Waals surface area contributed by atoms with Crippen molar-refractivity contribution in [2.45, 2.75) is 32.2 Å². The molecule has 20 heavy (non-hydrogen) atoms. The lowest BCUT2D eigenvalue weighted by atomic mass is 9.95. The van der Waals surface area contributed by atoms with Gasteiger partial charge in [-0.15, -0.1) is 0 Å². The minimum absolute atomic E-state index is 0.0471. The van der Waals surface area contributed by atoms with Gasteiger partial charge in [0.15, 0.2) is 0 Å². The number of nitrogens with zero attached hydrogens (tertiary/aromatic N) is 1. The molecular formula is C14H20N2O4. The number of rotatable bonds is 4. The molecule has 2 unspecified atom stereocenters. The van der Waals surface area contributed by atoms with Crippen LogP contribution in [0, 0.1) is 5.92 Å². The van der Waals surface area contributed by atoms with E-state index in [4.69, 9.17) is 9.52 Å². The highest BCUT2D eigenvalue weighted by Crippen LogP contribution is 2.20. The Bertz CT molecular complexity index is 458. The summed E-state index contributed by atoms with van der Waals surface area (Å²) in [5.41, 5.74) is 0. The number of piperidine rings is 1. The van der Waals surface area contributed by atoms with E-state index >= 15 is 0 Å². The molecule has 1 aliphatic rings. The quantitative estimate of drug-likeness (QED) is 0.886. The molecule has 6 heteroatoms. The van der Waals surface area contributed by atoms with Crippen LogP contribution in [0.4, 0.5) is 4.79 Å². The number of hydrogen-bond acceptors (Lipinski definition) is 3. The molecular weight excluding hydrogens is 260 g/mol. The van der Waals surface area contributed by atoms with Crippen LogP contribution < -0.4 is 5.32 Å². The van der Waals surface area contributed by atoms with Crippen LogP contribution in [-0.2, 0) is 4.79 Å². The average molecular weight is 280 g/mol. The number of hydrogen-bond donors (Lipinski definition) is 2. The number of carbonyl (C=O) groups excluding carboxylic acids is 1. The minimum atomic E-state index is -0.804. The first-order chi connectivity index (χ1) is 9.56. The molecule has 2 amide bonds. The monoisotopic (exact) mass is 280 g/mol. The van der Waals surface area contributed by atoms with Gasteiger partial charge in [0, 0.05) is 19.5 Å². The third kappa shape index (κ3) is 3.76. The van der Waals surface area contributed by atoms with Gasteiger partial charge in [0.2, 0.25) is 0 Å². The number of amides is 2. The maximum Gasteiger partial charge on any atom is 0.317 e. The average Bonchev–Trinajstić information content (AvgIpc) is 2.92. The van der Waals surface area contributed by atoms with Crippen molar-refractivity contribution in [3.05, 3.63) is 24.2 Å². The fourth-order valence-electron chi connectivity index (χ4n) is 2.55. The Labute approximate surface area is 117 Å². The van der Waals surface area contributed by atoms with Gasteiger partial charge in [0.05, 0.1) is 12.3 Å². The number of urea groups is 1. The van der Waals surface area contributed by atoms with Crippen LogP contribution in [0.1, 0.15) is 38.0 Å². The molecule has 1 saturated heterocycles. The Morgan fingerprint density at radius 3 is 3.05 bits per heavy atom. The molecule has 1 fully saturated rings. The van der Waals surface area contributed by atoms with Crippen LogP contribution in [0.5, 0.6) is 0 Å². The van der Waals surface area contributed by atoms with E-state index in [1.807, 2.05) is 13.0 Å². The van der Waals surface area contributed by atoms with Crippen molar-refractivity contribution >= 4 is 12.0 Å². The van der Waals surface area contributed by atoms with Gasteiger partial charge >= 0.3 is 12.0 Å². The highest BCUT2D eigenvalue weighted by Gasteiger charge is 2.26. The van der Waals surface area contributed by atoms with E-state index < -0.39 is 5.97 Å². The Balaban J connectivity index is 1.87. The van der Waals surface area contributed by atoms with Gasteiger partial charge in [-0.3, -0.25) is 4.79 Å². The van der Waals surface area contributed by atoms with Crippen molar-refractivity contribution in [3.8, 4) is 0 Å². The second-order valence-electron chi connectivity index (χ2n) is 5.24. The number of carboxylic acid groups (broad SMARTS) is 1. The SMILES string of the molecule is CC(NC(=O)N1CCCC(CC(=O)O)C1)c1ccco1. The molecule has 2 atom stereocenters. The Kier molecular flexibility index (Phi) is 4.65. The summed E-state index contributed by atoms with van der Waals surface area (Å²) < 4.78 is 5.25. The summed E-state index contributed by atoms with van der Waals surface area (Å²) in [5, 5.41) is 11.7. The van der Waals surface area contributed by atoms with Crippen LogP contribution in [0.25, 0.3) is 0 Å². The minimum Gasteiger partial charge on any atom is -0.481 e. The smallest absolute Gasteiger partial charge is 0.317 e. The molecule has 0 aliphatic carbocycles. The largest absolute Gasteiger partial charge is 0.481 e. The van der Waals surface area contributed by atoms with Crippen molar-refractivity contribution in [2.24, 2.45) is 5.92 Å². The lowest BCUT2D eigenvalue weighted by Gasteiger charge is -2.32. The number of furan rings is 1. The predicted octanol–water partition coefficient (Wildman–Crippen LogP) is 2.24. The standard InChI is InChI=1S/C14H20N2O4/c1-10(12-5-3-7-20-12)15-14(19)16-6-2-4-11(9-16)8-13(17)18/h3,5,7,10-11H,2,4,6,8-9H2,1H3,(H,15,19)(H,17,18). The van der Waals surface area contributed by atoms with Crippen LogP contribution in [0.3, 0.4) is 0 Å². The maximum atomic E-state index is 12.2. The van der Waals surface area contributed by atoms with Crippen molar-refractivity contribution in [1.29, 1.82) is 0 Å². The number of nitrogens with one attached hydrogen (secondary N) is 1. The molecule has 0 saturated carbocycles. The molecule has 0 radical (unpaired) electrons. The lowest BCUT2D eigenvalue weighted by molar-refractivity contribution is -0.138. The lowest BCUT2D eigenvalue weighted by Crippen LogP contribution is -2.46. The number of likely N-dealkylation sites (tertiary alicyclic amines) is 1. The fourth-order valence-corrected chi connectivity index (χ4v) is 2.55. The molecule has 0 spiro atoms. The zero-order valence-corrected chi connectivity index (χ0v) is 11.5. The summed E-state index contributed by atoms with van der Waals surface area (Å²) in [6.07, 6.45) is 3.41. The van der Waals surface area contributed by atoms with Crippen molar-refractivity contribution in [3.63, 3.8) is 0 Å². The normalized spacial score (nSPS) is 20.4. The molecule has 2 N–H and O–H groups in total. The van der Waals surface area contributed by atoms with E-state index in [0.717, 1.165) is 12.8 Å². The van der Waals surface area contributed by atoms with Gasteiger partial charge in [-0.1, -0.05) is 0 Å². The van der Waals surface area contributed by atoms with Crippen LogP contribution in [0.2, 0.25) is 0 Å². The van der Waals surface area contributed by atoms with E-state index in [1.54, 1.807) is 17.2 Å². The first-order valence-electron chi connectivity index (χ1n) is 6.87. The molecule has 1 aromatic rings. The van der Waals surface area contributed by atoms with E-state index in [1.165, 1.54) is 0 Å². The summed E-state index contributed by atoms with van der Waals surface area (Å²) in [6, 6.07) is 3.23. The maximum absolute atomic E-state index is 12.2. The predicted molar refractivity (Wildman–Crippen MR) is 72.2 cm³/mol. The first-order valence-corrected chi connectivity index (χ1v) is 6.87. The first kappa shape index (κ1) is 14.4. The zero-order valence-electron chi connectivity index (χ0n) is 11.5. The summed E-state index contributed by atoms with van der Waals surface area (Å²) in [7, 11) is 0. The molecule has 1 aliphatic heterocycles. The summed E-state index contributed by atoms with van der Waals surface area (Å²) in [5.74, 6) is -0.0513. The fraction of sp³-hybridized carbons (Fsp3) is 0.571. The Morgan fingerprint density at radius 2 is 2.40 bits per heavy atom. The highest BCUT2D eigenvalue weighted by atomic mass is 16.4. The third-order valence-corrected chi connectivity index (χ3v) is 3.58. The van der Waals surface area contributed by atoms with Gasteiger partial charge in [-0.05, 0) is 37.8 Å². The van der Waals surface area contributed by atoms with Gasteiger partial charge in [-0.2, -0.15) is 0 Å². The van der Waals surface area contributed by atoms with Gasteiger partial charge in [-0.25, -0.2) is 4.79 Å². The molecule has 0 bridgehead atoms. The zero-order chi connectivity index (χ0) is 14.5. The molecule has 2 heterocycles. The van der Waals surface area contributed by atoms with Crippen molar-refractivity contribution in [1.82, 2.24) is 10.2 Å². The molecule has 2 rings (SSSR count). The second-order valence-corrected chi connectivity index (χ2v) is 5.24. The van der Waals surface area contributed by atoms with Gasteiger partial charge in [0.1, 0.15) is 5.76 Å². The number of carboxylic acids is 1. The highest BCUT2D eigenvalue weighted by molar-refractivity contribution is 5.75. The molecule has 0 aromatic carbocycles. The number of carbonyl (C=O) groups is 2. The number of aliphatic carboxylic acids is 1. The Hall–Kier alpha value is -1.98. The molecule has 110 valence electrons. The van der Waals surface area contributed by atoms with Crippen molar-refractivity contribution < 1.29 is 19.1 Å². The van der Waals surface area contributed by atoms with E-state index in [9.17, 15) is 9.59 Å². The molecule has 1 aromatic heterocycles. The van der Waals surface area contributed by atoms with E-state index in [0.29, 0.717) is 18.8 Å². The Morgan fingerprint density at radius 1 is 1.60 bits per heavy atom. The van der Waals surface area contributed by atoms with E-state index in [2.05, 4.69) is 5.32 Å². The van der Waals surface area contributed by atoms with Crippen LogP contribution in [-0.4, -0.2) is 35.1 Å². The summed E-state index contributed by atoms with van der Waals surface area (Å²) >= 11 is 0. The molecule has 6 nitrogen and oxygen atoms in total. The second kappa shape index (κ2) is 6.45. The van der Waals surface area contributed by atoms with Crippen LogP contribution in [0.15, 0.2) is 22.8 Å². The third-order valence-electron chi connectivity index (χ3n) is 3.58. The van der Waals surface area contributed by atoms with Crippen LogP contribution >= 0.6 is 0 Å². The topological polar surface area (TPSA) is 82.8 Å². The van der Waals surface area contributed by atoms with Gasteiger partial charge in [0.25, 0.3) is 0 Å². The summed E-state index contributed by atoms with van der Waals surface area (Å²) in [4.78, 5) is 24.6. The summed E-state index contributed by atoms with van der Waals surface area (Å²) in [6.45, 7) is 3.03. The van der Waals surface area contributed by atoms with Gasteiger partial charge < -0.3 is 19.7 Å². The van der Waals surface area contributed by atoms with E-state index in [-0.39, 0.29) is 24.4 Å².